The summed E-state index contributed by atoms with van der Waals surface area (Å²) in [6, 6.07) is 4.31. The number of hydrogen-bond donors (Lipinski definition) is 1. The van der Waals surface area contributed by atoms with Crippen molar-refractivity contribution in [3.05, 3.63) is 33.5 Å². The third-order valence-electron chi connectivity index (χ3n) is 5.78. The first-order chi connectivity index (χ1) is 14.5. The Morgan fingerprint density at radius 2 is 1.83 bits per heavy atom. The Morgan fingerprint density at radius 3 is 2.53 bits per heavy atom. The first-order valence-electron chi connectivity index (χ1n) is 10.7. The molecular weight excluding hydrogens is 396 g/mol. The zero-order valence-electron chi connectivity index (χ0n) is 17.7. The van der Waals surface area contributed by atoms with Crippen LogP contribution in [-0.2, 0) is 17.6 Å². The van der Waals surface area contributed by atoms with Crippen LogP contribution >= 0.6 is 11.3 Å². The van der Waals surface area contributed by atoms with Crippen LogP contribution in [0, 0.1) is 25.2 Å². The maximum atomic E-state index is 12.7. The van der Waals surface area contributed by atoms with Crippen molar-refractivity contribution in [3.8, 4) is 6.07 Å². The van der Waals surface area contributed by atoms with Crippen molar-refractivity contribution in [2.45, 2.75) is 46.0 Å². The molecule has 3 heterocycles. The first-order valence-corrected chi connectivity index (χ1v) is 11.5. The van der Waals surface area contributed by atoms with Crippen molar-refractivity contribution < 1.29 is 4.79 Å². The molecule has 8 heteroatoms. The summed E-state index contributed by atoms with van der Waals surface area (Å²) < 4.78 is 0. The minimum Gasteiger partial charge on any atom is -0.338 e. The van der Waals surface area contributed by atoms with Gasteiger partial charge in [0, 0.05) is 42.4 Å². The van der Waals surface area contributed by atoms with Gasteiger partial charge >= 0.3 is 0 Å². The lowest BCUT2D eigenvalue weighted by molar-refractivity contribution is -0.117. The van der Waals surface area contributed by atoms with Crippen molar-refractivity contribution in [1.29, 1.82) is 5.26 Å². The van der Waals surface area contributed by atoms with E-state index in [1.54, 1.807) is 11.3 Å². The zero-order valence-corrected chi connectivity index (χ0v) is 18.5. The van der Waals surface area contributed by atoms with Crippen LogP contribution in [0.5, 0.6) is 0 Å². The quantitative estimate of drug-likeness (QED) is 0.760. The molecular formula is C22H28N6OS. The number of nitriles is 1. The highest BCUT2D eigenvalue weighted by Gasteiger charge is 2.24. The van der Waals surface area contributed by atoms with E-state index in [0.717, 1.165) is 73.3 Å². The second-order valence-electron chi connectivity index (χ2n) is 8.14. The summed E-state index contributed by atoms with van der Waals surface area (Å²) in [5, 5.41) is 13.4. The van der Waals surface area contributed by atoms with Crippen LogP contribution in [-0.4, -0.2) is 53.5 Å². The molecule has 158 valence electrons. The molecule has 1 amide bonds. The second-order valence-corrected chi connectivity index (χ2v) is 9.25. The molecule has 1 aliphatic heterocycles. The van der Waals surface area contributed by atoms with Gasteiger partial charge in [-0.05, 0) is 51.2 Å². The lowest BCUT2D eigenvalue weighted by Crippen LogP contribution is -2.49. The van der Waals surface area contributed by atoms with Crippen molar-refractivity contribution in [2.24, 2.45) is 0 Å². The number of aromatic nitrogens is 2. The summed E-state index contributed by atoms with van der Waals surface area (Å²) in [4.78, 5) is 27.4. The Labute approximate surface area is 181 Å². The summed E-state index contributed by atoms with van der Waals surface area (Å²) in [6.07, 6.45) is 5.48. The van der Waals surface area contributed by atoms with E-state index in [2.05, 4.69) is 31.2 Å². The standard InChI is InChI=1S/C22H28N6OS/c1-15-12-16(2)25-22(24-15)28-10-8-27(9-11-28)14-20(29)26-21-18(13-23)17-6-4-3-5-7-19(17)30-21/h12H,3-11,14H2,1-2H3,(H,26,29). The summed E-state index contributed by atoms with van der Waals surface area (Å²) in [7, 11) is 0. The molecule has 2 aliphatic rings. The third-order valence-corrected chi connectivity index (χ3v) is 6.99. The lowest BCUT2D eigenvalue weighted by Gasteiger charge is -2.34. The Hall–Kier alpha value is -2.50. The highest BCUT2D eigenvalue weighted by molar-refractivity contribution is 7.16. The van der Waals surface area contributed by atoms with Gasteiger partial charge in [0.1, 0.15) is 11.1 Å². The molecule has 1 aliphatic carbocycles. The smallest absolute Gasteiger partial charge is 0.239 e. The number of piperazine rings is 1. The average Bonchev–Trinajstić information content (AvgIpc) is 2.87. The number of nitrogens with one attached hydrogen (secondary N) is 1. The fourth-order valence-electron chi connectivity index (χ4n) is 4.27. The van der Waals surface area contributed by atoms with Crippen LogP contribution in [0.4, 0.5) is 10.9 Å². The third kappa shape index (κ3) is 4.63. The van der Waals surface area contributed by atoms with E-state index in [9.17, 15) is 10.1 Å². The van der Waals surface area contributed by atoms with E-state index in [-0.39, 0.29) is 5.91 Å². The van der Waals surface area contributed by atoms with Crippen LogP contribution in [0.3, 0.4) is 0 Å². The molecule has 1 saturated heterocycles. The van der Waals surface area contributed by atoms with Gasteiger partial charge in [0.15, 0.2) is 0 Å². The van der Waals surface area contributed by atoms with Gasteiger partial charge in [-0.25, -0.2) is 9.97 Å². The van der Waals surface area contributed by atoms with Crippen molar-refractivity contribution in [2.75, 3.05) is 42.9 Å². The van der Waals surface area contributed by atoms with Gasteiger partial charge < -0.3 is 10.2 Å². The molecule has 0 unspecified atom stereocenters. The van der Waals surface area contributed by atoms with E-state index in [1.165, 1.54) is 17.7 Å². The van der Waals surface area contributed by atoms with E-state index in [4.69, 9.17) is 0 Å². The topological polar surface area (TPSA) is 85.2 Å². The number of fused-ring (bicyclic) bond motifs is 1. The van der Waals surface area contributed by atoms with Gasteiger partial charge in [-0.3, -0.25) is 9.69 Å². The number of carbonyl (C=O) groups excluding carboxylic acids is 1. The molecule has 2 aromatic rings. The summed E-state index contributed by atoms with van der Waals surface area (Å²) in [5.41, 5.74) is 3.79. The van der Waals surface area contributed by atoms with Gasteiger partial charge in [-0.2, -0.15) is 5.26 Å². The monoisotopic (exact) mass is 424 g/mol. The molecule has 7 nitrogen and oxygen atoms in total. The predicted octanol–water partition coefficient (Wildman–Crippen LogP) is 3.06. The molecule has 0 bridgehead atoms. The van der Waals surface area contributed by atoms with Crippen LogP contribution in [0.25, 0.3) is 0 Å². The van der Waals surface area contributed by atoms with E-state index in [1.807, 2.05) is 19.9 Å². The SMILES string of the molecule is Cc1cc(C)nc(N2CCN(CC(=O)Nc3sc4c(c3C#N)CCCCC4)CC2)n1. The number of aryl methyl sites for hydroxylation is 3. The molecule has 0 saturated carbocycles. The Morgan fingerprint density at radius 1 is 1.13 bits per heavy atom. The Kier molecular flexibility index (Phi) is 6.30. The number of hydrogen-bond acceptors (Lipinski definition) is 7. The molecule has 0 spiro atoms. The minimum atomic E-state index is -0.0426. The highest BCUT2D eigenvalue weighted by atomic mass is 32.1. The largest absolute Gasteiger partial charge is 0.338 e. The fourth-order valence-corrected chi connectivity index (χ4v) is 5.53. The van der Waals surface area contributed by atoms with Crippen LogP contribution in [0.1, 0.15) is 46.7 Å². The average molecular weight is 425 g/mol. The zero-order chi connectivity index (χ0) is 21.1. The number of nitrogens with zero attached hydrogens (tertiary/aromatic N) is 5. The summed E-state index contributed by atoms with van der Waals surface area (Å²) >= 11 is 1.59. The first kappa shape index (κ1) is 20.8. The number of carbonyl (C=O) groups is 1. The normalized spacial score (nSPS) is 17.2. The lowest BCUT2D eigenvalue weighted by atomic mass is 10.1. The second kappa shape index (κ2) is 9.11. The minimum absolute atomic E-state index is 0.0426. The molecule has 30 heavy (non-hydrogen) atoms. The van der Waals surface area contributed by atoms with Gasteiger partial charge in [0.25, 0.3) is 0 Å². The van der Waals surface area contributed by atoms with E-state index in [0.29, 0.717) is 12.1 Å². The Balaban J connectivity index is 1.34. The molecule has 0 radical (unpaired) electrons. The number of anilines is 2. The number of amides is 1. The number of thiophene rings is 1. The maximum absolute atomic E-state index is 12.7. The van der Waals surface area contributed by atoms with Gasteiger partial charge in [0.2, 0.25) is 11.9 Å². The molecule has 1 fully saturated rings. The Bertz CT molecular complexity index is 950. The highest BCUT2D eigenvalue weighted by Crippen LogP contribution is 2.36. The van der Waals surface area contributed by atoms with Crippen molar-refractivity contribution >= 4 is 28.2 Å². The predicted molar refractivity (Wildman–Crippen MR) is 119 cm³/mol. The molecule has 4 rings (SSSR count). The molecule has 2 aromatic heterocycles. The fraction of sp³-hybridized carbons (Fsp3) is 0.545. The van der Waals surface area contributed by atoms with E-state index < -0.39 is 0 Å². The van der Waals surface area contributed by atoms with Gasteiger partial charge in [-0.15, -0.1) is 11.3 Å². The maximum Gasteiger partial charge on any atom is 0.239 e. The van der Waals surface area contributed by atoms with Crippen LogP contribution < -0.4 is 10.2 Å². The van der Waals surface area contributed by atoms with Crippen molar-refractivity contribution in [1.82, 2.24) is 14.9 Å². The summed E-state index contributed by atoms with van der Waals surface area (Å²) in [5.74, 6) is 0.731. The van der Waals surface area contributed by atoms with Crippen LogP contribution in [0.2, 0.25) is 0 Å². The van der Waals surface area contributed by atoms with Crippen LogP contribution in [0.15, 0.2) is 6.07 Å². The molecule has 0 atom stereocenters. The number of rotatable bonds is 4. The van der Waals surface area contributed by atoms with Crippen molar-refractivity contribution in [3.63, 3.8) is 0 Å². The summed E-state index contributed by atoms with van der Waals surface area (Å²) in [6.45, 7) is 7.48. The molecule has 1 N–H and O–H groups in total. The van der Waals surface area contributed by atoms with Gasteiger partial charge in [-0.1, -0.05) is 6.42 Å². The van der Waals surface area contributed by atoms with E-state index >= 15 is 0 Å². The van der Waals surface area contributed by atoms with Gasteiger partial charge in [0.05, 0.1) is 12.1 Å². The molecule has 0 aromatic carbocycles.